The number of aromatic nitrogens is 2. The predicted molar refractivity (Wildman–Crippen MR) is 79.4 cm³/mol. The molecule has 1 aliphatic rings. The zero-order valence-electron chi connectivity index (χ0n) is 12.3. The van der Waals surface area contributed by atoms with E-state index >= 15 is 0 Å². The summed E-state index contributed by atoms with van der Waals surface area (Å²) in [4.78, 5) is 18.9. The Hall–Kier alpha value is -1.96. The highest BCUT2D eigenvalue weighted by Crippen LogP contribution is 2.33. The highest BCUT2D eigenvalue weighted by atomic mass is 16.6. The average molecular weight is 295 g/mol. The third kappa shape index (κ3) is 3.38. The molecule has 1 saturated carbocycles. The summed E-state index contributed by atoms with van der Waals surface area (Å²) in [7, 11) is 1.67. The van der Waals surface area contributed by atoms with Gasteiger partial charge in [-0.15, -0.1) is 0 Å². The summed E-state index contributed by atoms with van der Waals surface area (Å²) < 4.78 is 0. The number of nitrogens with one attached hydrogen (secondary N) is 2. The number of aliphatic hydroxyl groups excluding tert-OH is 1. The van der Waals surface area contributed by atoms with Crippen LogP contribution in [0.3, 0.4) is 0 Å². The van der Waals surface area contributed by atoms with Gasteiger partial charge in [0.15, 0.2) is 0 Å². The Morgan fingerprint density at radius 1 is 1.38 bits per heavy atom. The van der Waals surface area contributed by atoms with Gasteiger partial charge in [0, 0.05) is 20.2 Å². The second-order valence-corrected chi connectivity index (χ2v) is 5.35. The van der Waals surface area contributed by atoms with Gasteiger partial charge in [-0.2, -0.15) is 4.98 Å². The van der Waals surface area contributed by atoms with Crippen LogP contribution < -0.4 is 10.6 Å². The van der Waals surface area contributed by atoms with Crippen LogP contribution >= 0.6 is 0 Å². The Kier molecular flexibility index (Phi) is 4.89. The summed E-state index contributed by atoms with van der Waals surface area (Å²) in [6.45, 7) is 2.34. The number of hydrogen-bond acceptors (Lipinski definition) is 7. The molecule has 0 bridgehead atoms. The Labute approximate surface area is 123 Å². The second-order valence-electron chi connectivity index (χ2n) is 5.35. The van der Waals surface area contributed by atoms with Gasteiger partial charge in [-0.1, -0.05) is 6.42 Å². The Bertz CT molecular complexity index is 523. The number of aliphatic hydroxyl groups is 1. The van der Waals surface area contributed by atoms with Crippen LogP contribution in [-0.4, -0.2) is 40.2 Å². The predicted octanol–water partition coefficient (Wildman–Crippen LogP) is 1.56. The molecule has 2 atom stereocenters. The van der Waals surface area contributed by atoms with Crippen molar-refractivity contribution in [1.82, 2.24) is 9.97 Å². The number of anilines is 2. The van der Waals surface area contributed by atoms with Gasteiger partial charge >= 0.3 is 5.69 Å². The highest BCUT2D eigenvalue weighted by Gasteiger charge is 2.28. The molecule has 0 saturated heterocycles. The smallest absolute Gasteiger partial charge is 0.332 e. The Morgan fingerprint density at radius 2 is 2.10 bits per heavy atom. The first-order valence-corrected chi connectivity index (χ1v) is 7.12. The molecule has 1 aliphatic carbocycles. The van der Waals surface area contributed by atoms with Crippen molar-refractivity contribution in [3.8, 4) is 0 Å². The summed E-state index contributed by atoms with van der Waals surface area (Å²) in [5.41, 5.74) is 0.236. The minimum atomic E-state index is -0.463. The van der Waals surface area contributed by atoms with Crippen molar-refractivity contribution in [2.75, 3.05) is 30.8 Å². The molecule has 1 aromatic heterocycles. The van der Waals surface area contributed by atoms with Gasteiger partial charge < -0.3 is 15.7 Å². The van der Waals surface area contributed by atoms with Crippen LogP contribution in [0, 0.1) is 28.9 Å². The van der Waals surface area contributed by atoms with Gasteiger partial charge in [-0.25, -0.2) is 4.98 Å². The van der Waals surface area contributed by atoms with Crippen LogP contribution in [0.25, 0.3) is 0 Å². The van der Waals surface area contributed by atoms with Crippen molar-refractivity contribution < 1.29 is 10.0 Å². The fourth-order valence-electron chi connectivity index (χ4n) is 2.87. The van der Waals surface area contributed by atoms with Gasteiger partial charge in [0.2, 0.25) is 11.8 Å². The molecule has 2 rings (SSSR count). The van der Waals surface area contributed by atoms with Gasteiger partial charge in [0.1, 0.15) is 5.69 Å². The van der Waals surface area contributed by atoms with Gasteiger partial charge in [-0.05, 0) is 31.6 Å². The molecule has 21 heavy (non-hydrogen) atoms. The SMILES string of the molecule is CNc1nc(C)c([N+](=O)[O-])c(NCC2CCCC2CO)n1. The quantitative estimate of drug-likeness (QED) is 0.539. The van der Waals surface area contributed by atoms with E-state index in [1.54, 1.807) is 14.0 Å². The molecule has 1 fully saturated rings. The number of aryl methyl sites for hydroxylation is 1. The maximum absolute atomic E-state index is 11.2. The normalized spacial score (nSPS) is 21.3. The Morgan fingerprint density at radius 3 is 2.71 bits per heavy atom. The summed E-state index contributed by atoms with van der Waals surface area (Å²) in [5.74, 6) is 1.18. The van der Waals surface area contributed by atoms with Crippen molar-refractivity contribution in [1.29, 1.82) is 0 Å². The minimum absolute atomic E-state index is 0.0902. The third-order valence-corrected chi connectivity index (χ3v) is 4.05. The first kappa shape index (κ1) is 15.4. The Balaban J connectivity index is 2.18. The van der Waals surface area contributed by atoms with Crippen LogP contribution in [0.5, 0.6) is 0 Å². The number of nitrogens with zero attached hydrogens (tertiary/aromatic N) is 3. The zero-order chi connectivity index (χ0) is 15.4. The lowest BCUT2D eigenvalue weighted by Gasteiger charge is -2.18. The van der Waals surface area contributed by atoms with E-state index in [4.69, 9.17) is 0 Å². The first-order chi connectivity index (χ1) is 10.1. The van der Waals surface area contributed by atoms with Crippen LogP contribution in [0.15, 0.2) is 0 Å². The molecular weight excluding hydrogens is 274 g/mol. The number of hydrogen-bond donors (Lipinski definition) is 3. The van der Waals surface area contributed by atoms with Crippen LogP contribution in [-0.2, 0) is 0 Å². The molecule has 116 valence electrons. The molecule has 0 aromatic carbocycles. The van der Waals surface area contributed by atoms with Crippen molar-refractivity contribution in [2.45, 2.75) is 26.2 Å². The minimum Gasteiger partial charge on any atom is -0.396 e. The molecule has 8 nitrogen and oxygen atoms in total. The lowest BCUT2D eigenvalue weighted by molar-refractivity contribution is -0.385. The van der Waals surface area contributed by atoms with Crippen LogP contribution in [0.1, 0.15) is 25.0 Å². The van der Waals surface area contributed by atoms with E-state index in [1.165, 1.54) is 0 Å². The second kappa shape index (κ2) is 6.66. The van der Waals surface area contributed by atoms with Crippen molar-refractivity contribution in [2.24, 2.45) is 11.8 Å². The summed E-state index contributed by atoms with van der Waals surface area (Å²) in [6.07, 6.45) is 3.12. The average Bonchev–Trinajstić information content (AvgIpc) is 2.91. The summed E-state index contributed by atoms with van der Waals surface area (Å²) >= 11 is 0. The molecule has 0 spiro atoms. The number of nitro groups is 1. The molecule has 8 heteroatoms. The van der Waals surface area contributed by atoms with E-state index in [9.17, 15) is 15.2 Å². The third-order valence-electron chi connectivity index (χ3n) is 4.05. The molecule has 0 radical (unpaired) electrons. The molecule has 0 aliphatic heterocycles. The number of rotatable bonds is 6. The maximum atomic E-state index is 11.2. The van der Waals surface area contributed by atoms with Gasteiger partial charge in [-0.3, -0.25) is 10.1 Å². The molecule has 1 aromatic rings. The molecule has 1 heterocycles. The van der Waals surface area contributed by atoms with E-state index < -0.39 is 4.92 Å². The fraction of sp³-hybridized carbons (Fsp3) is 0.692. The molecule has 0 amide bonds. The monoisotopic (exact) mass is 295 g/mol. The van der Waals surface area contributed by atoms with Crippen molar-refractivity contribution >= 4 is 17.5 Å². The largest absolute Gasteiger partial charge is 0.396 e. The fourth-order valence-corrected chi connectivity index (χ4v) is 2.87. The van der Waals surface area contributed by atoms with E-state index in [2.05, 4.69) is 20.6 Å². The van der Waals surface area contributed by atoms with Gasteiger partial charge in [0.05, 0.1) is 4.92 Å². The van der Waals surface area contributed by atoms with Crippen molar-refractivity contribution in [3.63, 3.8) is 0 Å². The van der Waals surface area contributed by atoms with E-state index in [0.29, 0.717) is 24.1 Å². The van der Waals surface area contributed by atoms with Gasteiger partial charge in [0.25, 0.3) is 0 Å². The zero-order valence-corrected chi connectivity index (χ0v) is 12.3. The summed E-state index contributed by atoms with van der Waals surface area (Å²) in [6, 6.07) is 0. The summed E-state index contributed by atoms with van der Waals surface area (Å²) in [5, 5.41) is 26.4. The first-order valence-electron chi connectivity index (χ1n) is 7.12. The van der Waals surface area contributed by atoms with Crippen molar-refractivity contribution in [3.05, 3.63) is 15.8 Å². The molecule has 3 N–H and O–H groups in total. The lowest BCUT2D eigenvalue weighted by atomic mass is 9.97. The van der Waals surface area contributed by atoms with E-state index in [1.807, 2.05) is 0 Å². The van der Waals surface area contributed by atoms with E-state index in [0.717, 1.165) is 19.3 Å². The lowest BCUT2D eigenvalue weighted by Crippen LogP contribution is -2.22. The maximum Gasteiger partial charge on any atom is 0.332 e. The highest BCUT2D eigenvalue weighted by molar-refractivity contribution is 5.60. The van der Waals surface area contributed by atoms with E-state index in [-0.39, 0.29) is 24.0 Å². The molecular formula is C13H21N5O3. The van der Waals surface area contributed by atoms with Crippen LogP contribution in [0.4, 0.5) is 17.5 Å². The topological polar surface area (TPSA) is 113 Å². The van der Waals surface area contributed by atoms with Crippen LogP contribution in [0.2, 0.25) is 0 Å². The molecule has 2 unspecified atom stereocenters. The standard InChI is InChI=1S/C13H21N5O3/c1-8-11(18(20)21)12(17-13(14-2)16-8)15-6-9-4-3-5-10(9)7-19/h9-10,19H,3-7H2,1-2H3,(H2,14,15,16,17).